The highest BCUT2D eigenvalue weighted by Gasteiger charge is 2.05. The first-order chi connectivity index (χ1) is 8.74. The van der Waals surface area contributed by atoms with E-state index in [2.05, 4.69) is 41.1 Å². The van der Waals surface area contributed by atoms with Crippen LogP contribution in [0, 0.1) is 11.8 Å². The van der Waals surface area contributed by atoms with Gasteiger partial charge in [-0.05, 0) is 24.3 Å². The van der Waals surface area contributed by atoms with Crippen LogP contribution in [-0.2, 0) is 0 Å². The Morgan fingerprint density at radius 2 is 2.06 bits per heavy atom. The van der Waals surface area contributed by atoms with Crippen molar-refractivity contribution >= 4 is 32.3 Å². The summed E-state index contributed by atoms with van der Waals surface area (Å²) in [7, 11) is 0. The molecule has 0 aliphatic rings. The number of aliphatic hydroxyl groups is 1. The molecular weight excluding hydrogens is 242 g/mol. The highest BCUT2D eigenvalue weighted by atomic mass is 32.1. The highest BCUT2D eigenvalue weighted by molar-refractivity contribution is 7.19. The Bertz CT molecular complexity index is 777. The molecule has 0 bridgehead atoms. The zero-order valence-corrected chi connectivity index (χ0v) is 10.7. The molecule has 3 rings (SSSR count). The fourth-order valence-electron chi connectivity index (χ4n) is 1.88. The van der Waals surface area contributed by atoms with Gasteiger partial charge >= 0.3 is 0 Å². The van der Waals surface area contributed by atoms with Crippen molar-refractivity contribution in [1.82, 2.24) is 4.98 Å². The van der Waals surface area contributed by atoms with Crippen molar-refractivity contribution in [3.8, 4) is 11.8 Å². The van der Waals surface area contributed by atoms with Crippen molar-refractivity contribution in [2.24, 2.45) is 0 Å². The molecule has 0 aliphatic carbocycles. The first-order valence-corrected chi connectivity index (χ1v) is 6.53. The number of aliphatic hydroxyl groups excluding tert-OH is 1. The molecule has 1 aromatic heterocycles. The minimum absolute atomic E-state index is 0.617. The van der Waals surface area contributed by atoms with E-state index in [1.54, 1.807) is 18.3 Å². The van der Waals surface area contributed by atoms with E-state index in [9.17, 15) is 0 Å². The molecule has 1 unspecified atom stereocenters. The van der Waals surface area contributed by atoms with Crippen LogP contribution < -0.4 is 0 Å². The molecule has 1 N–H and O–H groups in total. The van der Waals surface area contributed by atoms with E-state index in [1.807, 2.05) is 12.1 Å². The van der Waals surface area contributed by atoms with Gasteiger partial charge in [0.1, 0.15) is 6.10 Å². The van der Waals surface area contributed by atoms with Crippen molar-refractivity contribution in [2.75, 3.05) is 0 Å². The molecule has 0 fully saturated rings. The number of hydrogen-bond donors (Lipinski definition) is 1. The van der Waals surface area contributed by atoms with Gasteiger partial charge in [-0.3, -0.25) is 0 Å². The second-order valence-corrected chi connectivity index (χ2v) is 5.13. The summed E-state index contributed by atoms with van der Waals surface area (Å²) in [6.07, 6.45) is -0.617. The van der Waals surface area contributed by atoms with Crippen LogP contribution in [0.1, 0.15) is 11.9 Å². The van der Waals surface area contributed by atoms with Crippen LogP contribution in [0.4, 0.5) is 0 Å². The van der Waals surface area contributed by atoms with E-state index < -0.39 is 6.10 Å². The predicted molar refractivity (Wildman–Crippen MR) is 75.7 cm³/mol. The molecule has 0 spiro atoms. The Balaban J connectivity index is 2.24. The second kappa shape index (κ2) is 4.41. The van der Waals surface area contributed by atoms with Gasteiger partial charge in [0, 0.05) is 5.39 Å². The quantitative estimate of drug-likeness (QED) is 0.624. The number of nitrogens with zero attached hydrogens (tertiary/aromatic N) is 1. The normalized spacial score (nSPS) is 12.3. The Kier molecular flexibility index (Phi) is 2.75. The molecule has 3 aromatic rings. The van der Waals surface area contributed by atoms with Gasteiger partial charge < -0.3 is 5.11 Å². The summed E-state index contributed by atoms with van der Waals surface area (Å²) in [5.74, 6) is 5.63. The van der Waals surface area contributed by atoms with Crippen molar-refractivity contribution in [1.29, 1.82) is 0 Å². The Hall–Kier alpha value is -1.89. The van der Waals surface area contributed by atoms with Gasteiger partial charge in [0.2, 0.25) is 0 Å². The number of rotatable bonds is 0. The minimum atomic E-state index is -0.617. The first kappa shape index (κ1) is 11.2. The molecule has 0 amide bonds. The van der Waals surface area contributed by atoms with Crippen molar-refractivity contribution < 1.29 is 5.11 Å². The fraction of sp³-hybridized carbons (Fsp3) is 0.133. The van der Waals surface area contributed by atoms with Gasteiger partial charge in [0.15, 0.2) is 5.01 Å². The average molecular weight is 253 g/mol. The third-order valence-corrected chi connectivity index (χ3v) is 3.61. The molecule has 88 valence electrons. The van der Waals surface area contributed by atoms with Crippen LogP contribution in [-0.4, -0.2) is 16.2 Å². The Morgan fingerprint density at radius 1 is 1.22 bits per heavy atom. The zero-order valence-electron chi connectivity index (χ0n) is 9.84. The molecule has 0 saturated heterocycles. The SMILES string of the molecule is CC(O)C#Cc1nc2c(ccc3ccccc32)s1. The summed E-state index contributed by atoms with van der Waals surface area (Å²) in [6, 6.07) is 12.4. The van der Waals surface area contributed by atoms with Crippen LogP contribution in [0.3, 0.4) is 0 Å². The van der Waals surface area contributed by atoms with Crippen LogP contribution >= 0.6 is 11.3 Å². The van der Waals surface area contributed by atoms with Gasteiger partial charge in [-0.15, -0.1) is 11.3 Å². The molecule has 18 heavy (non-hydrogen) atoms. The number of benzene rings is 2. The summed E-state index contributed by atoms with van der Waals surface area (Å²) in [6.45, 7) is 1.65. The number of hydrogen-bond acceptors (Lipinski definition) is 3. The maximum atomic E-state index is 9.16. The lowest BCUT2D eigenvalue weighted by atomic mass is 10.1. The van der Waals surface area contributed by atoms with Crippen molar-refractivity contribution in [2.45, 2.75) is 13.0 Å². The maximum Gasteiger partial charge on any atom is 0.168 e. The number of aromatic nitrogens is 1. The van der Waals surface area contributed by atoms with Crippen LogP contribution in [0.15, 0.2) is 36.4 Å². The molecular formula is C15H11NOS. The molecule has 1 heterocycles. The van der Waals surface area contributed by atoms with E-state index in [-0.39, 0.29) is 0 Å². The maximum absolute atomic E-state index is 9.16. The van der Waals surface area contributed by atoms with Crippen molar-refractivity contribution in [3.63, 3.8) is 0 Å². The van der Waals surface area contributed by atoms with E-state index in [1.165, 1.54) is 5.39 Å². The van der Waals surface area contributed by atoms with E-state index >= 15 is 0 Å². The lowest BCUT2D eigenvalue weighted by molar-refractivity contribution is 0.253. The largest absolute Gasteiger partial charge is 0.381 e. The van der Waals surface area contributed by atoms with Gasteiger partial charge in [0.05, 0.1) is 10.2 Å². The summed E-state index contributed by atoms with van der Waals surface area (Å²) in [4.78, 5) is 4.55. The van der Waals surface area contributed by atoms with E-state index in [0.29, 0.717) is 0 Å². The topological polar surface area (TPSA) is 33.1 Å². The summed E-state index contributed by atoms with van der Waals surface area (Å²) < 4.78 is 1.13. The monoisotopic (exact) mass is 253 g/mol. The smallest absolute Gasteiger partial charge is 0.168 e. The first-order valence-electron chi connectivity index (χ1n) is 5.72. The molecule has 0 aliphatic heterocycles. The molecule has 1 atom stereocenters. The molecule has 0 radical (unpaired) electrons. The molecule has 2 nitrogen and oxygen atoms in total. The standard InChI is InChI=1S/C15H11NOS/c1-10(17)6-9-14-16-15-12-5-3-2-4-11(12)7-8-13(15)18-14/h2-5,7-8,10,17H,1H3. The number of thiazole rings is 1. The van der Waals surface area contributed by atoms with E-state index in [0.717, 1.165) is 20.6 Å². The van der Waals surface area contributed by atoms with Crippen LogP contribution in [0.5, 0.6) is 0 Å². The van der Waals surface area contributed by atoms with Gasteiger partial charge in [-0.25, -0.2) is 4.98 Å². The second-order valence-electron chi connectivity index (χ2n) is 4.10. The zero-order chi connectivity index (χ0) is 12.5. The van der Waals surface area contributed by atoms with Crippen LogP contribution in [0.25, 0.3) is 21.0 Å². The minimum Gasteiger partial charge on any atom is -0.381 e. The van der Waals surface area contributed by atoms with Gasteiger partial charge in [-0.1, -0.05) is 36.3 Å². The van der Waals surface area contributed by atoms with Gasteiger partial charge in [-0.2, -0.15) is 0 Å². The molecule has 0 saturated carbocycles. The van der Waals surface area contributed by atoms with E-state index in [4.69, 9.17) is 5.11 Å². The predicted octanol–water partition coefficient (Wildman–Crippen LogP) is 3.18. The summed E-state index contributed by atoms with van der Waals surface area (Å²) in [5, 5.41) is 12.3. The highest BCUT2D eigenvalue weighted by Crippen LogP contribution is 2.28. The summed E-state index contributed by atoms with van der Waals surface area (Å²) >= 11 is 1.56. The lowest BCUT2D eigenvalue weighted by Gasteiger charge is -1.96. The Labute approximate surface area is 109 Å². The molecule has 2 aromatic carbocycles. The molecule has 3 heteroatoms. The number of fused-ring (bicyclic) bond motifs is 3. The third-order valence-electron chi connectivity index (χ3n) is 2.67. The van der Waals surface area contributed by atoms with Crippen molar-refractivity contribution in [3.05, 3.63) is 41.4 Å². The lowest BCUT2D eigenvalue weighted by Crippen LogP contribution is -1.92. The van der Waals surface area contributed by atoms with Gasteiger partial charge in [0.25, 0.3) is 0 Å². The Morgan fingerprint density at radius 3 is 2.89 bits per heavy atom. The fourth-order valence-corrected chi connectivity index (χ4v) is 2.72. The third kappa shape index (κ3) is 1.97. The summed E-state index contributed by atoms with van der Waals surface area (Å²) in [5.41, 5.74) is 0.994. The van der Waals surface area contributed by atoms with Crippen LogP contribution in [0.2, 0.25) is 0 Å². The average Bonchev–Trinajstić information content (AvgIpc) is 2.79.